The number of aromatic nitrogens is 2. The number of nitrogens with one attached hydrogen (secondary N) is 1. The molecule has 37 heavy (non-hydrogen) atoms. The highest BCUT2D eigenvalue weighted by atomic mass is 16.5. The van der Waals surface area contributed by atoms with Crippen LogP contribution in [0.4, 0.5) is 0 Å². The molecule has 4 aliphatic rings. The van der Waals surface area contributed by atoms with E-state index < -0.39 is 0 Å². The molecule has 7 atom stereocenters. The van der Waals surface area contributed by atoms with Crippen LogP contribution in [0, 0.1) is 36.0 Å². The van der Waals surface area contributed by atoms with Gasteiger partial charge in [0.25, 0.3) is 0 Å². The first-order valence-corrected chi connectivity index (χ1v) is 14.5. The van der Waals surface area contributed by atoms with Gasteiger partial charge in [-0.2, -0.15) is 10.2 Å². The lowest BCUT2D eigenvalue weighted by atomic mass is 9.47. The van der Waals surface area contributed by atoms with Crippen LogP contribution in [0.5, 0.6) is 0 Å². The maximum Gasteiger partial charge on any atom is 0.302 e. The molecular weight excluding hydrogens is 462 g/mol. The molecule has 2 saturated carbocycles. The molecule has 1 N–H and O–H groups in total. The molecule has 0 aromatic carbocycles. The van der Waals surface area contributed by atoms with Gasteiger partial charge in [0.2, 0.25) is 5.91 Å². The molecule has 1 aromatic rings. The fourth-order valence-electron chi connectivity index (χ4n) is 8.73. The van der Waals surface area contributed by atoms with Crippen LogP contribution in [0.15, 0.2) is 11.6 Å². The van der Waals surface area contributed by atoms with Crippen molar-refractivity contribution < 1.29 is 14.3 Å². The van der Waals surface area contributed by atoms with Crippen LogP contribution in [0.1, 0.15) is 102 Å². The summed E-state index contributed by atoms with van der Waals surface area (Å²) in [5.74, 6) is 2.28. The number of amides is 1. The van der Waals surface area contributed by atoms with E-state index >= 15 is 0 Å². The van der Waals surface area contributed by atoms with Crippen molar-refractivity contribution in [1.82, 2.24) is 15.5 Å². The molecule has 202 valence electrons. The molecule has 4 aliphatic carbocycles. The van der Waals surface area contributed by atoms with Crippen molar-refractivity contribution in [2.75, 3.05) is 6.54 Å². The highest BCUT2D eigenvalue weighted by Gasteiger charge is 2.58. The first-order valence-electron chi connectivity index (χ1n) is 14.5. The van der Waals surface area contributed by atoms with Crippen LogP contribution in [0.3, 0.4) is 0 Å². The molecule has 0 saturated heterocycles. The summed E-state index contributed by atoms with van der Waals surface area (Å²) in [6.07, 6.45) is 12.2. The molecule has 0 unspecified atom stereocenters. The predicted octanol–water partition coefficient (Wildman–Crippen LogP) is 5.40. The molecule has 1 aromatic heterocycles. The molecule has 0 spiro atoms. The molecular formula is C31H45N3O3. The number of ether oxygens (including phenoxy) is 1. The van der Waals surface area contributed by atoms with Gasteiger partial charge in [0.05, 0.1) is 11.4 Å². The number of carbonyl (C=O) groups is 2. The molecule has 6 nitrogen and oxygen atoms in total. The summed E-state index contributed by atoms with van der Waals surface area (Å²) in [7, 11) is 0. The van der Waals surface area contributed by atoms with Crippen molar-refractivity contribution in [3.8, 4) is 0 Å². The van der Waals surface area contributed by atoms with E-state index in [1.807, 2.05) is 0 Å². The molecule has 0 aliphatic heterocycles. The second kappa shape index (κ2) is 9.81. The number of hydrogen-bond acceptors (Lipinski definition) is 5. The third kappa shape index (κ3) is 4.63. The Balaban J connectivity index is 1.35. The van der Waals surface area contributed by atoms with Crippen molar-refractivity contribution in [3.05, 3.63) is 34.2 Å². The average molecular weight is 508 g/mol. The van der Waals surface area contributed by atoms with Gasteiger partial charge in [0.15, 0.2) is 0 Å². The lowest BCUT2D eigenvalue weighted by molar-refractivity contribution is -0.148. The van der Waals surface area contributed by atoms with Gasteiger partial charge in [0, 0.05) is 26.8 Å². The maximum absolute atomic E-state index is 11.6. The van der Waals surface area contributed by atoms with E-state index in [0.29, 0.717) is 30.2 Å². The van der Waals surface area contributed by atoms with Gasteiger partial charge in [-0.3, -0.25) is 9.59 Å². The van der Waals surface area contributed by atoms with Gasteiger partial charge >= 0.3 is 5.97 Å². The van der Waals surface area contributed by atoms with E-state index in [9.17, 15) is 9.59 Å². The number of nitrogens with zero attached hydrogens (tertiary/aromatic N) is 2. The second-order valence-corrected chi connectivity index (χ2v) is 13.1. The normalized spacial score (nSPS) is 34.8. The number of hydrogen-bond donors (Lipinski definition) is 1. The van der Waals surface area contributed by atoms with Gasteiger partial charge in [0.1, 0.15) is 6.10 Å². The lowest BCUT2D eigenvalue weighted by Crippen LogP contribution is -2.51. The standard InChI is InChI=1S/C31H45N3O3/c1-18(17-32-20(3)35)7-10-27-19(2)29-28(34-33-27)16-26-24-9-8-22-15-23(37-21(4)36)11-13-30(22,5)25(24)12-14-31(26,29)6/h8,18,23-26H,7,9-17H2,1-6H3,(H,32,35)/t18-,23-,24-,25+,26-,30-,31-/m0/s1. The van der Waals surface area contributed by atoms with E-state index in [0.717, 1.165) is 50.6 Å². The summed E-state index contributed by atoms with van der Waals surface area (Å²) in [4.78, 5) is 22.8. The van der Waals surface area contributed by atoms with Gasteiger partial charge in [-0.25, -0.2) is 0 Å². The predicted molar refractivity (Wildman–Crippen MR) is 144 cm³/mol. The topological polar surface area (TPSA) is 81.2 Å². The maximum atomic E-state index is 11.6. The second-order valence-electron chi connectivity index (χ2n) is 13.1. The molecule has 5 rings (SSSR count). The Labute approximate surface area is 222 Å². The number of aryl methyl sites for hydroxylation is 1. The van der Waals surface area contributed by atoms with E-state index in [-0.39, 0.29) is 28.8 Å². The van der Waals surface area contributed by atoms with Gasteiger partial charge in [-0.15, -0.1) is 0 Å². The van der Waals surface area contributed by atoms with Crippen LogP contribution in [-0.4, -0.2) is 34.7 Å². The zero-order valence-corrected chi connectivity index (χ0v) is 23.7. The molecule has 0 bridgehead atoms. The fraction of sp³-hybridized carbons (Fsp3) is 0.742. The Morgan fingerprint density at radius 3 is 2.59 bits per heavy atom. The Bertz CT molecular complexity index is 1110. The Hall–Kier alpha value is -2.24. The van der Waals surface area contributed by atoms with E-state index in [2.05, 4.69) is 39.1 Å². The van der Waals surface area contributed by atoms with Gasteiger partial charge in [-0.1, -0.05) is 32.4 Å². The minimum absolute atomic E-state index is 0.0332. The van der Waals surface area contributed by atoms with Crippen LogP contribution in [0.25, 0.3) is 0 Å². The summed E-state index contributed by atoms with van der Waals surface area (Å²) in [5.41, 5.74) is 7.17. The molecule has 1 heterocycles. The summed E-state index contributed by atoms with van der Waals surface area (Å²) in [6, 6.07) is 0. The first-order chi connectivity index (χ1) is 17.5. The van der Waals surface area contributed by atoms with E-state index in [1.165, 1.54) is 42.2 Å². The highest BCUT2D eigenvalue weighted by Crippen LogP contribution is 2.64. The Morgan fingerprint density at radius 2 is 1.86 bits per heavy atom. The number of allylic oxidation sites excluding steroid dienone is 1. The van der Waals surface area contributed by atoms with Crippen molar-refractivity contribution in [1.29, 1.82) is 0 Å². The van der Waals surface area contributed by atoms with Crippen molar-refractivity contribution in [2.24, 2.45) is 29.1 Å². The minimum Gasteiger partial charge on any atom is -0.462 e. The third-order valence-electron chi connectivity index (χ3n) is 10.7. The minimum atomic E-state index is -0.155. The number of fused-ring (bicyclic) bond motifs is 7. The molecule has 6 heteroatoms. The van der Waals surface area contributed by atoms with Crippen molar-refractivity contribution in [2.45, 2.75) is 111 Å². The van der Waals surface area contributed by atoms with E-state index in [1.54, 1.807) is 6.92 Å². The first kappa shape index (κ1) is 26.4. The quantitative estimate of drug-likeness (QED) is 0.412. The van der Waals surface area contributed by atoms with Crippen LogP contribution < -0.4 is 5.32 Å². The number of esters is 1. The highest BCUT2D eigenvalue weighted by molar-refractivity contribution is 5.72. The van der Waals surface area contributed by atoms with Gasteiger partial charge in [-0.05, 0) is 104 Å². The van der Waals surface area contributed by atoms with Crippen LogP contribution in [-0.2, 0) is 32.6 Å². The largest absolute Gasteiger partial charge is 0.462 e. The van der Waals surface area contributed by atoms with Crippen LogP contribution in [0.2, 0.25) is 0 Å². The monoisotopic (exact) mass is 507 g/mol. The molecule has 1 amide bonds. The summed E-state index contributed by atoms with van der Waals surface area (Å²) in [6.45, 7) is 13.3. The number of carbonyl (C=O) groups excluding carboxylic acids is 2. The smallest absolute Gasteiger partial charge is 0.302 e. The van der Waals surface area contributed by atoms with Crippen LogP contribution >= 0.6 is 0 Å². The number of rotatable bonds is 6. The third-order valence-corrected chi connectivity index (χ3v) is 10.7. The zero-order valence-electron chi connectivity index (χ0n) is 23.7. The fourth-order valence-corrected chi connectivity index (χ4v) is 8.73. The Kier molecular flexibility index (Phi) is 6.99. The van der Waals surface area contributed by atoms with Crippen molar-refractivity contribution >= 4 is 11.9 Å². The lowest BCUT2D eigenvalue weighted by Gasteiger charge is -2.57. The van der Waals surface area contributed by atoms with E-state index in [4.69, 9.17) is 14.9 Å². The summed E-state index contributed by atoms with van der Waals surface area (Å²) in [5, 5.41) is 12.5. The SMILES string of the molecule is CC(=O)NC[C@@H](C)CCc1nnc2c(c1C)[C@@]1(C)CC[C@@H]3[C@H](CC=C4C[C@@H](OC(C)=O)CC[C@@]43C)[C@@H]1C2. The van der Waals surface area contributed by atoms with Crippen molar-refractivity contribution in [3.63, 3.8) is 0 Å². The Morgan fingerprint density at radius 1 is 1.11 bits per heavy atom. The average Bonchev–Trinajstić information content (AvgIpc) is 3.15. The molecule has 2 fully saturated rings. The van der Waals surface area contributed by atoms with Gasteiger partial charge < -0.3 is 10.1 Å². The summed E-state index contributed by atoms with van der Waals surface area (Å²) < 4.78 is 5.62. The molecule has 0 radical (unpaired) electrons. The zero-order chi connectivity index (χ0) is 26.5. The summed E-state index contributed by atoms with van der Waals surface area (Å²) >= 11 is 0.